The summed E-state index contributed by atoms with van der Waals surface area (Å²) in [5, 5.41) is 0.647. The first-order valence-electron chi connectivity index (χ1n) is 6.37. The standard InChI is InChI=1S/C16H17ClN2O/c1-19(11-13-5-3-7-15(18)9-13)16(20)10-12-4-2-6-14(17)8-12/h2-9H,10-11,18H2,1H3. The van der Waals surface area contributed by atoms with Crippen molar-refractivity contribution in [3.63, 3.8) is 0 Å². The van der Waals surface area contributed by atoms with Crippen molar-refractivity contribution >= 4 is 23.2 Å². The lowest BCUT2D eigenvalue weighted by Crippen LogP contribution is -2.27. The number of carbonyl (C=O) groups excluding carboxylic acids is 1. The van der Waals surface area contributed by atoms with Crippen molar-refractivity contribution in [2.75, 3.05) is 12.8 Å². The Labute approximate surface area is 124 Å². The van der Waals surface area contributed by atoms with Crippen LogP contribution in [0.15, 0.2) is 48.5 Å². The molecule has 3 nitrogen and oxygen atoms in total. The molecule has 0 atom stereocenters. The first kappa shape index (κ1) is 14.4. The van der Waals surface area contributed by atoms with E-state index in [0.717, 1.165) is 11.1 Å². The Balaban J connectivity index is 1.98. The summed E-state index contributed by atoms with van der Waals surface area (Å²) in [4.78, 5) is 13.9. The zero-order valence-electron chi connectivity index (χ0n) is 11.3. The van der Waals surface area contributed by atoms with Gasteiger partial charge in [0.15, 0.2) is 0 Å². The summed E-state index contributed by atoms with van der Waals surface area (Å²) < 4.78 is 0. The van der Waals surface area contributed by atoms with Gasteiger partial charge in [-0.1, -0.05) is 35.9 Å². The molecule has 1 amide bonds. The lowest BCUT2D eigenvalue weighted by molar-refractivity contribution is -0.129. The molecule has 20 heavy (non-hydrogen) atoms. The highest BCUT2D eigenvalue weighted by Crippen LogP contribution is 2.13. The topological polar surface area (TPSA) is 46.3 Å². The second-order valence-electron chi connectivity index (χ2n) is 4.80. The first-order valence-corrected chi connectivity index (χ1v) is 6.75. The first-order chi connectivity index (χ1) is 9.54. The molecule has 2 rings (SSSR count). The van der Waals surface area contributed by atoms with E-state index in [-0.39, 0.29) is 5.91 Å². The zero-order chi connectivity index (χ0) is 14.5. The van der Waals surface area contributed by atoms with E-state index in [2.05, 4.69) is 0 Å². The molecule has 0 radical (unpaired) electrons. The number of nitrogen functional groups attached to an aromatic ring is 1. The average molecular weight is 289 g/mol. The highest BCUT2D eigenvalue weighted by atomic mass is 35.5. The molecule has 0 unspecified atom stereocenters. The molecule has 0 saturated heterocycles. The van der Waals surface area contributed by atoms with E-state index in [9.17, 15) is 4.79 Å². The maximum Gasteiger partial charge on any atom is 0.227 e. The molecule has 0 bridgehead atoms. The molecule has 0 fully saturated rings. The molecule has 0 aliphatic carbocycles. The van der Waals surface area contributed by atoms with Crippen LogP contribution in [0, 0.1) is 0 Å². The number of halogens is 1. The van der Waals surface area contributed by atoms with Gasteiger partial charge >= 0.3 is 0 Å². The number of nitrogens with two attached hydrogens (primary N) is 1. The van der Waals surface area contributed by atoms with E-state index in [0.29, 0.717) is 23.7 Å². The number of nitrogens with zero attached hydrogens (tertiary/aromatic N) is 1. The minimum atomic E-state index is 0.0506. The monoisotopic (exact) mass is 288 g/mol. The number of hydrogen-bond donors (Lipinski definition) is 1. The predicted molar refractivity (Wildman–Crippen MR) is 82.5 cm³/mol. The fourth-order valence-corrected chi connectivity index (χ4v) is 2.22. The van der Waals surface area contributed by atoms with E-state index in [4.69, 9.17) is 17.3 Å². The van der Waals surface area contributed by atoms with Gasteiger partial charge in [0.2, 0.25) is 5.91 Å². The number of benzene rings is 2. The quantitative estimate of drug-likeness (QED) is 0.879. The SMILES string of the molecule is CN(Cc1cccc(N)c1)C(=O)Cc1cccc(Cl)c1. The Morgan fingerprint density at radius 3 is 2.55 bits per heavy atom. The van der Waals surface area contributed by atoms with Gasteiger partial charge in [-0.25, -0.2) is 0 Å². The normalized spacial score (nSPS) is 10.3. The number of carbonyl (C=O) groups is 1. The molecule has 0 saturated carbocycles. The average Bonchev–Trinajstić information content (AvgIpc) is 2.38. The molecule has 0 aromatic heterocycles. The highest BCUT2D eigenvalue weighted by molar-refractivity contribution is 6.30. The largest absolute Gasteiger partial charge is 0.399 e. The van der Waals surface area contributed by atoms with Crippen LogP contribution in [0.25, 0.3) is 0 Å². The second-order valence-corrected chi connectivity index (χ2v) is 5.24. The van der Waals surface area contributed by atoms with Crippen molar-refractivity contribution in [3.05, 3.63) is 64.7 Å². The van der Waals surface area contributed by atoms with Crippen molar-refractivity contribution in [2.45, 2.75) is 13.0 Å². The van der Waals surface area contributed by atoms with Crippen molar-refractivity contribution < 1.29 is 4.79 Å². The Morgan fingerprint density at radius 1 is 1.15 bits per heavy atom. The lowest BCUT2D eigenvalue weighted by atomic mass is 10.1. The van der Waals surface area contributed by atoms with Crippen LogP contribution in [-0.4, -0.2) is 17.9 Å². The minimum Gasteiger partial charge on any atom is -0.399 e. The van der Waals surface area contributed by atoms with Crippen LogP contribution in [0.4, 0.5) is 5.69 Å². The highest BCUT2D eigenvalue weighted by Gasteiger charge is 2.10. The van der Waals surface area contributed by atoms with Crippen molar-refractivity contribution in [3.8, 4) is 0 Å². The second kappa shape index (κ2) is 6.44. The summed E-state index contributed by atoms with van der Waals surface area (Å²) >= 11 is 5.92. The predicted octanol–water partition coefficient (Wildman–Crippen LogP) is 3.12. The van der Waals surface area contributed by atoms with Gasteiger partial charge in [-0.05, 0) is 35.4 Å². The third-order valence-corrected chi connectivity index (χ3v) is 3.28. The Morgan fingerprint density at radius 2 is 1.85 bits per heavy atom. The van der Waals surface area contributed by atoms with E-state index in [1.54, 1.807) is 18.0 Å². The number of hydrogen-bond acceptors (Lipinski definition) is 2. The number of anilines is 1. The van der Waals surface area contributed by atoms with Crippen LogP contribution in [0.2, 0.25) is 5.02 Å². The Kier molecular flexibility index (Phi) is 4.64. The van der Waals surface area contributed by atoms with Crippen LogP contribution in [0.1, 0.15) is 11.1 Å². The van der Waals surface area contributed by atoms with Gasteiger partial charge in [0, 0.05) is 24.3 Å². The molecule has 0 aliphatic rings. The lowest BCUT2D eigenvalue weighted by Gasteiger charge is -2.17. The van der Waals surface area contributed by atoms with E-state index in [1.165, 1.54) is 0 Å². The van der Waals surface area contributed by atoms with Gasteiger partial charge in [-0.15, -0.1) is 0 Å². The number of likely N-dealkylation sites (N-methyl/N-ethyl adjacent to an activating group) is 1. The summed E-state index contributed by atoms with van der Waals surface area (Å²) in [7, 11) is 1.79. The van der Waals surface area contributed by atoms with Crippen molar-refractivity contribution in [2.24, 2.45) is 0 Å². The smallest absolute Gasteiger partial charge is 0.227 e. The molecule has 4 heteroatoms. The molecule has 2 aromatic carbocycles. The number of rotatable bonds is 4. The third-order valence-electron chi connectivity index (χ3n) is 3.04. The molecule has 0 spiro atoms. The van der Waals surface area contributed by atoms with Gasteiger partial charge < -0.3 is 10.6 Å². The molecule has 2 N–H and O–H groups in total. The van der Waals surface area contributed by atoms with Crippen LogP contribution < -0.4 is 5.73 Å². The summed E-state index contributed by atoms with van der Waals surface area (Å²) in [6.07, 6.45) is 0.347. The summed E-state index contributed by atoms with van der Waals surface area (Å²) in [5.74, 6) is 0.0506. The van der Waals surface area contributed by atoms with Crippen molar-refractivity contribution in [1.29, 1.82) is 0 Å². The molecular formula is C16H17ClN2O. The zero-order valence-corrected chi connectivity index (χ0v) is 12.1. The van der Waals surface area contributed by atoms with Crippen molar-refractivity contribution in [1.82, 2.24) is 4.90 Å². The van der Waals surface area contributed by atoms with Crippen LogP contribution >= 0.6 is 11.6 Å². The van der Waals surface area contributed by atoms with Gasteiger partial charge in [0.05, 0.1) is 6.42 Å². The van der Waals surface area contributed by atoms with E-state index < -0.39 is 0 Å². The third kappa shape index (κ3) is 4.00. The molecule has 0 aliphatic heterocycles. The maximum absolute atomic E-state index is 12.2. The van der Waals surface area contributed by atoms with Gasteiger partial charge in [0.25, 0.3) is 0 Å². The summed E-state index contributed by atoms with van der Waals surface area (Å²) in [6.45, 7) is 0.546. The molecule has 104 valence electrons. The molecule has 2 aromatic rings. The molecular weight excluding hydrogens is 272 g/mol. The fraction of sp³-hybridized carbons (Fsp3) is 0.188. The maximum atomic E-state index is 12.2. The van der Waals surface area contributed by atoms with Gasteiger partial charge in [-0.2, -0.15) is 0 Å². The summed E-state index contributed by atoms with van der Waals surface area (Å²) in [5.41, 5.74) is 8.38. The number of amides is 1. The van der Waals surface area contributed by atoms with E-state index in [1.807, 2.05) is 42.5 Å². The van der Waals surface area contributed by atoms with E-state index >= 15 is 0 Å². The van der Waals surface area contributed by atoms with Gasteiger partial charge in [-0.3, -0.25) is 4.79 Å². The summed E-state index contributed by atoms with van der Waals surface area (Å²) in [6, 6.07) is 14.9. The molecule has 0 heterocycles. The van der Waals surface area contributed by atoms with Crippen LogP contribution in [-0.2, 0) is 17.8 Å². The van der Waals surface area contributed by atoms with Crippen LogP contribution in [0.3, 0.4) is 0 Å². The minimum absolute atomic E-state index is 0.0506. The van der Waals surface area contributed by atoms with Gasteiger partial charge in [0.1, 0.15) is 0 Å². The van der Waals surface area contributed by atoms with Crippen LogP contribution in [0.5, 0.6) is 0 Å². The Hall–Kier alpha value is -2.00. The fourth-order valence-electron chi connectivity index (χ4n) is 2.01. The Bertz CT molecular complexity index is 613.